The van der Waals surface area contributed by atoms with Crippen LogP contribution in [-0.2, 0) is 14.2 Å². The molecule has 1 unspecified atom stereocenters. The summed E-state index contributed by atoms with van der Waals surface area (Å²) in [4.78, 5) is 38.9. The number of ketones is 1. The van der Waals surface area contributed by atoms with Crippen LogP contribution in [0.15, 0.2) is 18.2 Å². The van der Waals surface area contributed by atoms with Crippen LogP contribution in [0.5, 0.6) is 11.5 Å². The molecule has 0 amide bonds. The zero-order valence-electron chi connectivity index (χ0n) is 19.8. The summed E-state index contributed by atoms with van der Waals surface area (Å²) in [6, 6.07) is 4.53. The van der Waals surface area contributed by atoms with Crippen molar-refractivity contribution in [3.05, 3.63) is 35.2 Å². The molecule has 0 saturated heterocycles. The number of hydrogen-bond donors (Lipinski definition) is 0. The van der Waals surface area contributed by atoms with Crippen molar-refractivity contribution in [2.24, 2.45) is 5.92 Å². The zero-order chi connectivity index (χ0) is 24.7. The molecule has 0 bridgehead atoms. The Kier molecular flexibility index (Phi) is 8.78. The lowest BCUT2D eigenvalue weighted by atomic mass is 10.1. The van der Waals surface area contributed by atoms with E-state index in [4.69, 9.17) is 23.7 Å². The highest BCUT2D eigenvalue weighted by Gasteiger charge is 2.31. The van der Waals surface area contributed by atoms with Crippen LogP contribution in [0.4, 0.5) is 4.79 Å². The molecule has 0 aliphatic rings. The smallest absolute Gasteiger partial charge is 0.493 e. The van der Waals surface area contributed by atoms with Crippen molar-refractivity contribution < 1.29 is 38.1 Å². The third kappa shape index (κ3) is 6.21. The topological polar surface area (TPSA) is 128 Å². The second-order valence-corrected chi connectivity index (χ2v) is 7.51. The Hall–Kier alpha value is -3.63. The number of methoxy groups -OCH3 is 2. The van der Waals surface area contributed by atoms with Crippen molar-refractivity contribution >= 4 is 17.9 Å². The van der Waals surface area contributed by atoms with Gasteiger partial charge >= 0.3 is 12.1 Å². The van der Waals surface area contributed by atoms with Gasteiger partial charge in [0.15, 0.2) is 17.2 Å². The van der Waals surface area contributed by atoms with E-state index in [-0.39, 0.29) is 29.5 Å². The zero-order valence-corrected chi connectivity index (χ0v) is 19.8. The molecule has 180 valence electrons. The summed E-state index contributed by atoms with van der Waals surface area (Å²) in [5.74, 6) is -0.984. The molecule has 1 aromatic heterocycles. The largest absolute Gasteiger partial charge is 0.510 e. The summed E-state index contributed by atoms with van der Waals surface area (Å²) in [5, 5.41) is 8.32. The summed E-state index contributed by atoms with van der Waals surface area (Å²) in [6.45, 7) is 8.57. The fourth-order valence-electron chi connectivity index (χ4n) is 2.81. The maximum Gasteiger partial charge on any atom is 0.510 e. The van der Waals surface area contributed by atoms with E-state index < -0.39 is 30.2 Å². The standard InChI is InChI=1S/C22H29N3O8/c1-8-31-21(27)18-17(19(26)14-9-10-15(29-6)16(11-14)30-7)23-25(24-18)20(12(2)3)33-22(28)32-13(4)5/h9-13,20H,8H2,1-7H3. The summed E-state index contributed by atoms with van der Waals surface area (Å²) in [7, 11) is 2.91. The fraction of sp³-hybridized carbons (Fsp3) is 0.500. The number of nitrogens with zero attached hydrogens (tertiary/aromatic N) is 3. The molecule has 11 heteroatoms. The Morgan fingerprint density at radius 3 is 2.12 bits per heavy atom. The summed E-state index contributed by atoms with van der Waals surface area (Å²) in [5.41, 5.74) is -0.373. The summed E-state index contributed by atoms with van der Waals surface area (Å²) in [6.07, 6.45) is -2.35. The first-order valence-corrected chi connectivity index (χ1v) is 10.4. The Balaban J connectivity index is 2.52. The van der Waals surface area contributed by atoms with E-state index in [1.165, 1.54) is 26.4 Å². The molecular formula is C22H29N3O8. The molecule has 1 aromatic carbocycles. The van der Waals surface area contributed by atoms with Gasteiger partial charge in [-0.3, -0.25) is 4.79 Å². The Morgan fingerprint density at radius 2 is 1.58 bits per heavy atom. The highest BCUT2D eigenvalue weighted by atomic mass is 16.7. The quantitative estimate of drug-likeness (QED) is 0.382. The minimum Gasteiger partial charge on any atom is -0.493 e. The summed E-state index contributed by atoms with van der Waals surface area (Å²) < 4.78 is 25.9. The van der Waals surface area contributed by atoms with Gasteiger partial charge in [0, 0.05) is 11.5 Å². The van der Waals surface area contributed by atoms with Gasteiger partial charge < -0.3 is 23.7 Å². The molecule has 33 heavy (non-hydrogen) atoms. The third-order valence-corrected chi connectivity index (χ3v) is 4.31. The van der Waals surface area contributed by atoms with Crippen LogP contribution in [-0.4, -0.2) is 59.8 Å². The van der Waals surface area contributed by atoms with Crippen LogP contribution in [0, 0.1) is 5.92 Å². The first-order valence-electron chi connectivity index (χ1n) is 10.4. The Morgan fingerprint density at radius 1 is 0.939 bits per heavy atom. The van der Waals surface area contributed by atoms with Crippen LogP contribution in [0.1, 0.15) is 67.4 Å². The van der Waals surface area contributed by atoms with E-state index in [1.54, 1.807) is 40.7 Å². The van der Waals surface area contributed by atoms with E-state index in [0.29, 0.717) is 11.5 Å². The first-order chi connectivity index (χ1) is 15.6. The van der Waals surface area contributed by atoms with Gasteiger partial charge in [-0.15, -0.1) is 15.0 Å². The SMILES string of the molecule is CCOC(=O)c1nn(C(OC(=O)OC(C)C)C(C)C)nc1C(=O)c1ccc(OC)c(OC)c1. The van der Waals surface area contributed by atoms with Crippen molar-refractivity contribution in [2.45, 2.75) is 47.0 Å². The number of hydrogen-bond acceptors (Lipinski definition) is 10. The fourth-order valence-corrected chi connectivity index (χ4v) is 2.81. The molecule has 2 aromatic rings. The highest BCUT2D eigenvalue weighted by Crippen LogP contribution is 2.29. The number of carbonyl (C=O) groups excluding carboxylic acids is 3. The van der Waals surface area contributed by atoms with E-state index >= 15 is 0 Å². The monoisotopic (exact) mass is 463 g/mol. The Bertz CT molecular complexity index is 1000. The van der Waals surface area contributed by atoms with E-state index in [1.807, 2.05) is 0 Å². The molecule has 1 heterocycles. The molecular weight excluding hydrogens is 434 g/mol. The highest BCUT2D eigenvalue weighted by molar-refractivity contribution is 6.12. The second kappa shape index (κ2) is 11.3. The maximum atomic E-state index is 13.3. The molecule has 0 aliphatic heterocycles. The van der Waals surface area contributed by atoms with Crippen LogP contribution < -0.4 is 9.47 Å². The van der Waals surface area contributed by atoms with Gasteiger partial charge in [0.1, 0.15) is 0 Å². The van der Waals surface area contributed by atoms with Crippen LogP contribution in [0.25, 0.3) is 0 Å². The van der Waals surface area contributed by atoms with Crippen molar-refractivity contribution in [1.82, 2.24) is 15.0 Å². The number of aromatic nitrogens is 3. The van der Waals surface area contributed by atoms with E-state index in [9.17, 15) is 14.4 Å². The van der Waals surface area contributed by atoms with Gasteiger partial charge in [-0.05, 0) is 39.0 Å². The average Bonchev–Trinajstić information content (AvgIpc) is 3.21. The number of esters is 1. The minimum absolute atomic E-state index is 0.0699. The van der Waals surface area contributed by atoms with Crippen molar-refractivity contribution in [3.63, 3.8) is 0 Å². The molecule has 0 spiro atoms. The molecule has 0 fully saturated rings. The number of carbonyl (C=O) groups is 3. The molecule has 0 aliphatic carbocycles. The lowest BCUT2D eigenvalue weighted by Gasteiger charge is -2.20. The predicted molar refractivity (Wildman–Crippen MR) is 116 cm³/mol. The molecule has 2 rings (SSSR count). The van der Waals surface area contributed by atoms with Gasteiger partial charge in [0.05, 0.1) is 26.9 Å². The lowest BCUT2D eigenvalue weighted by molar-refractivity contribution is -0.0469. The van der Waals surface area contributed by atoms with Gasteiger partial charge in [0.2, 0.25) is 17.7 Å². The van der Waals surface area contributed by atoms with Gasteiger partial charge in [0.25, 0.3) is 0 Å². The van der Waals surface area contributed by atoms with Crippen molar-refractivity contribution in [2.75, 3.05) is 20.8 Å². The number of benzene rings is 1. The molecule has 0 saturated carbocycles. The molecule has 0 radical (unpaired) electrons. The predicted octanol–water partition coefficient (Wildman–Crippen LogP) is 3.42. The van der Waals surface area contributed by atoms with Crippen molar-refractivity contribution in [1.29, 1.82) is 0 Å². The van der Waals surface area contributed by atoms with Gasteiger partial charge in [-0.2, -0.15) is 0 Å². The molecule has 11 nitrogen and oxygen atoms in total. The lowest BCUT2D eigenvalue weighted by Crippen LogP contribution is -2.26. The van der Waals surface area contributed by atoms with Crippen LogP contribution in [0.2, 0.25) is 0 Å². The normalized spacial score (nSPS) is 11.8. The van der Waals surface area contributed by atoms with Crippen LogP contribution in [0.3, 0.4) is 0 Å². The average molecular weight is 463 g/mol. The number of rotatable bonds is 10. The number of ether oxygens (including phenoxy) is 5. The van der Waals surface area contributed by atoms with E-state index in [0.717, 1.165) is 4.80 Å². The molecule has 0 N–H and O–H groups in total. The summed E-state index contributed by atoms with van der Waals surface area (Å²) >= 11 is 0. The second-order valence-electron chi connectivity index (χ2n) is 7.51. The first kappa shape index (κ1) is 25.6. The van der Waals surface area contributed by atoms with Gasteiger partial charge in [-0.1, -0.05) is 13.8 Å². The van der Waals surface area contributed by atoms with Crippen molar-refractivity contribution in [3.8, 4) is 11.5 Å². The van der Waals surface area contributed by atoms with E-state index in [2.05, 4.69) is 10.2 Å². The maximum absolute atomic E-state index is 13.3. The molecule has 1 atom stereocenters. The third-order valence-electron chi connectivity index (χ3n) is 4.31. The minimum atomic E-state index is -1.03. The Labute approximate surface area is 191 Å². The van der Waals surface area contributed by atoms with Gasteiger partial charge in [-0.25, -0.2) is 9.59 Å². The van der Waals surface area contributed by atoms with Crippen LogP contribution >= 0.6 is 0 Å².